The van der Waals surface area contributed by atoms with Gasteiger partial charge in [0.2, 0.25) is 0 Å². The Morgan fingerprint density at radius 2 is 1.97 bits per heavy atom. The Kier molecular flexibility index (Phi) is 6.55. The van der Waals surface area contributed by atoms with E-state index in [2.05, 4.69) is 61.0 Å². The maximum absolute atomic E-state index is 13.0. The normalized spacial score (nSPS) is 12.6. The molecular weight excluding hydrogens is 364 g/mol. The molecule has 0 spiro atoms. The highest BCUT2D eigenvalue weighted by atomic mass is 16.3. The molecule has 0 radical (unpaired) electrons. The number of H-pyrrole nitrogens is 1. The second-order valence-corrected chi connectivity index (χ2v) is 8.01. The van der Waals surface area contributed by atoms with Crippen molar-refractivity contribution in [1.29, 1.82) is 0 Å². The summed E-state index contributed by atoms with van der Waals surface area (Å²) in [5.41, 5.74) is 3.29. The molecule has 0 saturated heterocycles. The molecule has 0 unspecified atom stereocenters. The molecule has 2 N–H and O–H groups in total. The number of aliphatic hydroxyl groups is 1. The van der Waals surface area contributed by atoms with Gasteiger partial charge in [0.15, 0.2) is 0 Å². The van der Waals surface area contributed by atoms with E-state index in [1.165, 1.54) is 0 Å². The Hall–Kier alpha value is -2.44. The van der Waals surface area contributed by atoms with Gasteiger partial charge >= 0.3 is 0 Å². The molecule has 2 heterocycles. The number of nitrogens with zero attached hydrogens (tertiary/aromatic N) is 3. The molecule has 156 valence electrons. The van der Waals surface area contributed by atoms with Gasteiger partial charge in [-0.15, -0.1) is 0 Å². The average Bonchev–Trinajstić information content (AvgIpc) is 3.10. The molecule has 0 fully saturated rings. The van der Waals surface area contributed by atoms with Crippen molar-refractivity contribution in [2.45, 2.75) is 59.7 Å². The highest BCUT2D eigenvalue weighted by molar-refractivity contribution is 6.04. The van der Waals surface area contributed by atoms with Crippen LogP contribution < -0.4 is 5.56 Å². The van der Waals surface area contributed by atoms with E-state index in [1.54, 1.807) is 4.57 Å². The monoisotopic (exact) mass is 396 g/mol. The maximum atomic E-state index is 13.0. The van der Waals surface area contributed by atoms with Gasteiger partial charge in [0.1, 0.15) is 5.52 Å². The van der Waals surface area contributed by atoms with Gasteiger partial charge in [0, 0.05) is 43.6 Å². The first-order valence-corrected chi connectivity index (χ1v) is 10.5. The molecule has 29 heavy (non-hydrogen) atoms. The summed E-state index contributed by atoms with van der Waals surface area (Å²) in [6, 6.07) is 7.13. The summed E-state index contributed by atoms with van der Waals surface area (Å²) in [7, 11) is 0. The number of rotatable bonds is 8. The van der Waals surface area contributed by atoms with Crippen LogP contribution in [-0.2, 0) is 13.0 Å². The number of aryl methyl sites for hydroxylation is 1. The summed E-state index contributed by atoms with van der Waals surface area (Å²) in [6.07, 6.45) is 4.71. The van der Waals surface area contributed by atoms with Crippen molar-refractivity contribution < 1.29 is 5.11 Å². The minimum Gasteiger partial charge on any atom is -0.396 e. The summed E-state index contributed by atoms with van der Waals surface area (Å²) < 4.78 is 1.78. The molecule has 0 aliphatic carbocycles. The van der Waals surface area contributed by atoms with E-state index < -0.39 is 0 Å². The maximum Gasteiger partial charge on any atom is 0.262 e. The summed E-state index contributed by atoms with van der Waals surface area (Å²) in [4.78, 5) is 15.4. The lowest BCUT2D eigenvalue weighted by atomic mass is 10.1. The molecule has 3 rings (SSSR count). The second kappa shape index (κ2) is 8.93. The van der Waals surface area contributed by atoms with Crippen LogP contribution in [0.5, 0.6) is 0 Å². The number of benzene rings is 1. The SMILES string of the molecule is CCn1c(=O)c2c(CCO)[nH]nc2c2cc(/C=C/CN(C(C)C)C(C)C)ccc21. The van der Waals surface area contributed by atoms with Gasteiger partial charge in [-0.05, 0) is 52.3 Å². The number of aliphatic hydroxyl groups excluding tert-OH is 1. The number of pyridine rings is 1. The van der Waals surface area contributed by atoms with Crippen molar-refractivity contribution in [2.24, 2.45) is 0 Å². The van der Waals surface area contributed by atoms with Crippen LogP contribution in [0.2, 0.25) is 0 Å². The van der Waals surface area contributed by atoms with E-state index in [0.29, 0.717) is 41.6 Å². The van der Waals surface area contributed by atoms with Gasteiger partial charge in [0.05, 0.1) is 16.6 Å². The standard InChI is InChI=1S/C23H32N4O2/c1-6-26-20-10-9-17(8-7-12-27(15(2)3)16(4)5)14-18(20)22-21(23(26)29)19(11-13-28)24-25-22/h7-10,14-16,28H,6,11-13H2,1-5H3,(H,24,25)/b8-7+. The summed E-state index contributed by atoms with van der Waals surface area (Å²) in [6.45, 7) is 12.3. The first-order valence-electron chi connectivity index (χ1n) is 10.5. The highest BCUT2D eigenvalue weighted by Crippen LogP contribution is 2.25. The molecule has 0 saturated carbocycles. The Morgan fingerprint density at radius 3 is 2.59 bits per heavy atom. The molecule has 0 bridgehead atoms. The zero-order valence-corrected chi connectivity index (χ0v) is 18.1. The Bertz CT molecular complexity index is 1070. The van der Waals surface area contributed by atoms with Crippen LogP contribution in [0.25, 0.3) is 27.9 Å². The zero-order valence-electron chi connectivity index (χ0n) is 18.1. The third kappa shape index (κ3) is 4.14. The minimum absolute atomic E-state index is 0.0219. The summed E-state index contributed by atoms with van der Waals surface area (Å²) in [5, 5.41) is 18.2. The van der Waals surface area contributed by atoms with E-state index in [-0.39, 0.29) is 12.2 Å². The van der Waals surface area contributed by atoms with E-state index in [4.69, 9.17) is 0 Å². The van der Waals surface area contributed by atoms with E-state index in [1.807, 2.05) is 19.1 Å². The predicted molar refractivity (Wildman–Crippen MR) is 120 cm³/mol. The van der Waals surface area contributed by atoms with Gasteiger partial charge < -0.3 is 9.67 Å². The van der Waals surface area contributed by atoms with E-state index in [9.17, 15) is 9.90 Å². The van der Waals surface area contributed by atoms with Crippen LogP contribution in [0.3, 0.4) is 0 Å². The molecule has 0 amide bonds. The van der Waals surface area contributed by atoms with Crippen LogP contribution in [0.4, 0.5) is 0 Å². The Morgan fingerprint density at radius 1 is 1.24 bits per heavy atom. The molecule has 1 aromatic carbocycles. The van der Waals surface area contributed by atoms with Gasteiger partial charge in [-0.3, -0.25) is 14.8 Å². The zero-order chi connectivity index (χ0) is 21.1. The van der Waals surface area contributed by atoms with Crippen molar-refractivity contribution in [2.75, 3.05) is 13.2 Å². The number of aromatic amines is 1. The fourth-order valence-corrected chi connectivity index (χ4v) is 4.07. The van der Waals surface area contributed by atoms with Crippen molar-refractivity contribution in [3.63, 3.8) is 0 Å². The second-order valence-electron chi connectivity index (χ2n) is 8.01. The summed E-state index contributed by atoms with van der Waals surface area (Å²) >= 11 is 0. The quantitative estimate of drug-likeness (QED) is 0.610. The topological polar surface area (TPSA) is 74.1 Å². The molecule has 0 aliphatic rings. The van der Waals surface area contributed by atoms with Gasteiger partial charge in [-0.25, -0.2) is 0 Å². The molecular formula is C23H32N4O2. The van der Waals surface area contributed by atoms with Gasteiger partial charge in [0.25, 0.3) is 5.56 Å². The minimum atomic E-state index is -0.0556. The van der Waals surface area contributed by atoms with Crippen molar-refractivity contribution in [3.05, 3.63) is 45.9 Å². The molecule has 3 aromatic rings. The van der Waals surface area contributed by atoms with Gasteiger partial charge in [-0.1, -0.05) is 18.2 Å². The number of aromatic nitrogens is 3. The number of hydrogen-bond donors (Lipinski definition) is 2. The van der Waals surface area contributed by atoms with Crippen LogP contribution in [-0.4, -0.2) is 50.0 Å². The molecule has 0 atom stereocenters. The van der Waals surface area contributed by atoms with Crippen LogP contribution in [0.15, 0.2) is 29.1 Å². The van der Waals surface area contributed by atoms with Crippen molar-refractivity contribution in [1.82, 2.24) is 19.7 Å². The first kappa shape index (κ1) is 21.3. The number of hydrogen-bond acceptors (Lipinski definition) is 4. The molecule has 2 aromatic heterocycles. The lowest BCUT2D eigenvalue weighted by molar-refractivity contribution is 0.196. The predicted octanol–water partition coefficient (Wildman–Crippen LogP) is 3.56. The highest BCUT2D eigenvalue weighted by Gasteiger charge is 2.16. The lowest BCUT2D eigenvalue weighted by Gasteiger charge is -2.29. The van der Waals surface area contributed by atoms with E-state index in [0.717, 1.165) is 23.0 Å². The fourth-order valence-electron chi connectivity index (χ4n) is 4.07. The fraction of sp³-hybridized carbons (Fsp3) is 0.478. The van der Waals surface area contributed by atoms with Crippen molar-refractivity contribution in [3.8, 4) is 0 Å². The van der Waals surface area contributed by atoms with Crippen LogP contribution in [0, 0.1) is 0 Å². The third-order valence-corrected chi connectivity index (χ3v) is 5.50. The van der Waals surface area contributed by atoms with E-state index >= 15 is 0 Å². The molecule has 0 aliphatic heterocycles. The lowest BCUT2D eigenvalue weighted by Crippen LogP contribution is -2.36. The summed E-state index contributed by atoms with van der Waals surface area (Å²) in [5.74, 6) is 0. The first-order chi connectivity index (χ1) is 13.9. The molecule has 6 nitrogen and oxygen atoms in total. The van der Waals surface area contributed by atoms with Gasteiger partial charge in [-0.2, -0.15) is 5.10 Å². The molecule has 6 heteroatoms. The largest absolute Gasteiger partial charge is 0.396 e. The number of fused-ring (bicyclic) bond motifs is 3. The average molecular weight is 397 g/mol. The Labute approximate surface area is 171 Å². The smallest absolute Gasteiger partial charge is 0.262 e. The number of nitrogens with one attached hydrogen (secondary N) is 1. The van der Waals surface area contributed by atoms with Crippen LogP contribution in [0.1, 0.15) is 45.9 Å². The van der Waals surface area contributed by atoms with Crippen LogP contribution >= 0.6 is 0 Å². The Balaban J connectivity index is 2.07. The van der Waals surface area contributed by atoms with Crippen molar-refractivity contribution >= 4 is 27.9 Å². The third-order valence-electron chi connectivity index (χ3n) is 5.50.